The Morgan fingerprint density at radius 2 is 2.00 bits per heavy atom. The van der Waals surface area contributed by atoms with Gasteiger partial charge in [0, 0.05) is 12.6 Å². The second-order valence-electron chi connectivity index (χ2n) is 4.07. The third-order valence-electron chi connectivity index (χ3n) is 2.67. The van der Waals surface area contributed by atoms with Crippen molar-refractivity contribution >= 4 is 0 Å². The summed E-state index contributed by atoms with van der Waals surface area (Å²) in [5, 5.41) is 3.51. The fourth-order valence-corrected chi connectivity index (χ4v) is 1.30. The van der Waals surface area contributed by atoms with Crippen LogP contribution in [0.15, 0.2) is 0 Å². The van der Waals surface area contributed by atoms with Crippen molar-refractivity contribution in [1.82, 2.24) is 5.32 Å². The van der Waals surface area contributed by atoms with Gasteiger partial charge in [-0.3, -0.25) is 0 Å². The summed E-state index contributed by atoms with van der Waals surface area (Å²) in [4.78, 5) is 0. The van der Waals surface area contributed by atoms with E-state index in [-0.39, 0.29) is 0 Å². The highest BCUT2D eigenvalue weighted by Gasteiger charge is 2.21. The lowest BCUT2D eigenvalue weighted by molar-refractivity contribution is -0.00484. The van der Waals surface area contributed by atoms with Crippen molar-refractivity contribution < 1.29 is 4.74 Å². The zero-order valence-corrected chi connectivity index (χ0v) is 9.18. The standard InChI is InChI=1S/C11H23NO/c1-4-9(3)13-11(5-2)8-12-10-6-7-10/h9-12H,4-8H2,1-3H3. The van der Waals surface area contributed by atoms with Crippen LogP contribution in [-0.4, -0.2) is 24.8 Å². The number of nitrogens with one attached hydrogen (secondary N) is 1. The fourth-order valence-electron chi connectivity index (χ4n) is 1.30. The molecule has 0 heterocycles. The van der Waals surface area contributed by atoms with Crippen LogP contribution in [0.4, 0.5) is 0 Å². The smallest absolute Gasteiger partial charge is 0.0700 e. The average Bonchev–Trinajstić information content (AvgIpc) is 2.95. The Kier molecular flexibility index (Phi) is 4.74. The molecule has 0 spiro atoms. The minimum absolute atomic E-state index is 0.408. The van der Waals surface area contributed by atoms with Crippen molar-refractivity contribution in [3.8, 4) is 0 Å². The molecule has 2 heteroatoms. The molecule has 2 atom stereocenters. The summed E-state index contributed by atoms with van der Waals surface area (Å²) in [6, 6.07) is 0.801. The molecule has 0 bridgehead atoms. The molecule has 1 aliphatic rings. The van der Waals surface area contributed by atoms with E-state index in [1.54, 1.807) is 0 Å². The molecule has 1 fully saturated rings. The molecular weight excluding hydrogens is 162 g/mol. The van der Waals surface area contributed by atoms with E-state index in [9.17, 15) is 0 Å². The monoisotopic (exact) mass is 185 g/mol. The van der Waals surface area contributed by atoms with E-state index >= 15 is 0 Å². The molecule has 0 amide bonds. The molecule has 2 nitrogen and oxygen atoms in total. The van der Waals surface area contributed by atoms with Crippen molar-refractivity contribution in [2.45, 2.75) is 64.7 Å². The van der Waals surface area contributed by atoms with Crippen LogP contribution in [0.2, 0.25) is 0 Å². The lowest BCUT2D eigenvalue weighted by atomic mass is 10.2. The highest BCUT2D eigenvalue weighted by Crippen LogP contribution is 2.18. The molecule has 0 aromatic heterocycles. The molecule has 1 rings (SSSR count). The molecule has 1 N–H and O–H groups in total. The Morgan fingerprint density at radius 3 is 2.46 bits per heavy atom. The molecule has 1 saturated carbocycles. The van der Waals surface area contributed by atoms with E-state index in [4.69, 9.17) is 4.74 Å². The van der Waals surface area contributed by atoms with Gasteiger partial charge in [0.15, 0.2) is 0 Å². The quantitative estimate of drug-likeness (QED) is 0.657. The molecule has 0 aliphatic heterocycles. The third-order valence-corrected chi connectivity index (χ3v) is 2.67. The molecule has 13 heavy (non-hydrogen) atoms. The molecule has 0 aromatic carbocycles. The Hall–Kier alpha value is -0.0800. The Labute approximate surface area is 82.0 Å². The summed E-state index contributed by atoms with van der Waals surface area (Å²) in [6.07, 6.45) is 5.77. The minimum atomic E-state index is 0.408. The largest absolute Gasteiger partial charge is 0.374 e. The SMILES string of the molecule is CCC(C)OC(CC)CNC1CC1. The maximum absolute atomic E-state index is 5.86. The number of hydrogen-bond donors (Lipinski definition) is 1. The molecule has 0 radical (unpaired) electrons. The summed E-state index contributed by atoms with van der Waals surface area (Å²) in [5.74, 6) is 0. The maximum atomic E-state index is 5.86. The van der Waals surface area contributed by atoms with Gasteiger partial charge >= 0.3 is 0 Å². The predicted molar refractivity (Wildman–Crippen MR) is 55.9 cm³/mol. The Balaban J connectivity index is 2.08. The van der Waals surface area contributed by atoms with Crippen LogP contribution in [-0.2, 0) is 4.74 Å². The normalized spacial score (nSPS) is 21.5. The van der Waals surface area contributed by atoms with Gasteiger partial charge < -0.3 is 10.1 Å². The number of rotatable bonds is 7. The maximum Gasteiger partial charge on any atom is 0.0700 e. The van der Waals surface area contributed by atoms with Crippen LogP contribution in [0, 0.1) is 0 Å². The van der Waals surface area contributed by atoms with Crippen molar-refractivity contribution in [3.63, 3.8) is 0 Å². The Bertz CT molecular complexity index is 134. The van der Waals surface area contributed by atoms with Crippen molar-refractivity contribution in [1.29, 1.82) is 0 Å². The molecule has 0 aromatic rings. The second-order valence-corrected chi connectivity index (χ2v) is 4.07. The molecule has 78 valence electrons. The van der Waals surface area contributed by atoms with Crippen LogP contribution in [0.3, 0.4) is 0 Å². The van der Waals surface area contributed by atoms with Gasteiger partial charge in [0.1, 0.15) is 0 Å². The van der Waals surface area contributed by atoms with Gasteiger partial charge in [-0.15, -0.1) is 0 Å². The first-order valence-electron chi connectivity index (χ1n) is 5.65. The van der Waals surface area contributed by atoms with Crippen molar-refractivity contribution in [2.75, 3.05) is 6.54 Å². The first-order valence-corrected chi connectivity index (χ1v) is 5.65. The molecule has 1 aliphatic carbocycles. The van der Waals surface area contributed by atoms with Crippen molar-refractivity contribution in [2.24, 2.45) is 0 Å². The van der Waals surface area contributed by atoms with E-state index < -0.39 is 0 Å². The number of ether oxygens (including phenoxy) is 1. The summed E-state index contributed by atoms with van der Waals surface area (Å²) in [5.41, 5.74) is 0. The fraction of sp³-hybridized carbons (Fsp3) is 1.00. The van der Waals surface area contributed by atoms with Gasteiger partial charge in [-0.05, 0) is 32.6 Å². The zero-order chi connectivity index (χ0) is 9.68. The summed E-state index contributed by atoms with van der Waals surface area (Å²) in [6.45, 7) is 7.55. The van der Waals surface area contributed by atoms with Crippen LogP contribution in [0.25, 0.3) is 0 Å². The molecule has 2 unspecified atom stereocenters. The van der Waals surface area contributed by atoms with E-state index in [0.717, 1.165) is 25.4 Å². The second kappa shape index (κ2) is 5.61. The summed E-state index contributed by atoms with van der Waals surface area (Å²) < 4.78 is 5.86. The summed E-state index contributed by atoms with van der Waals surface area (Å²) >= 11 is 0. The van der Waals surface area contributed by atoms with E-state index in [1.807, 2.05) is 0 Å². The van der Waals surface area contributed by atoms with Gasteiger partial charge in [0.2, 0.25) is 0 Å². The lowest BCUT2D eigenvalue weighted by Gasteiger charge is -2.20. The van der Waals surface area contributed by atoms with Crippen LogP contribution in [0.5, 0.6) is 0 Å². The molecular formula is C11H23NO. The Morgan fingerprint density at radius 1 is 1.31 bits per heavy atom. The van der Waals surface area contributed by atoms with Gasteiger partial charge in [0.25, 0.3) is 0 Å². The minimum Gasteiger partial charge on any atom is -0.374 e. The van der Waals surface area contributed by atoms with Crippen LogP contribution >= 0.6 is 0 Å². The summed E-state index contributed by atoms with van der Waals surface area (Å²) in [7, 11) is 0. The van der Waals surface area contributed by atoms with Gasteiger partial charge in [0.05, 0.1) is 12.2 Å². The third kappa shape index (κ3) is 4.63. The topological polar surface area (TPSA) is 21.3 Å². The van der Waals surface area contributed by atoms with Crippen LogP contribution < -0.4 is 5.32 Å². The van der Waals surface area contributed by atoms with Crippen molar-refractivity contribution in [3.05, 3.63) is 0 Å². The van der Waals surface area contributed by atoms with Gasteiger partial charge in [-0.25, -0.2) is 0 Å². The first kappa shape index (κ1) is 11.0. The van der Waals surface area contributed by atoms with E-state index in [2.05, 4.69) is 26.1 Å². The van der Waals surface area contributed by atoms with E-state index in [1.165, 1.54) is 12.8 Å². The van der Waals surface area contributed by atoms with Gasteiger partial charge in [-0.2, -0.15) is 0 Å². The highest BCUT2D eigenvalue weighted by atomic mass is 16.5. The van der Waals surface area contributed by atoms with E-state index in [0.29, 0.717) is 12.2 Å². The first-order chi connectivity index (χ1) is 6.26. The van der Waals surface area contributed by atoms with Crippen LogP contribution in [0.1, 0.15) is 46.5 Å². The zero-order valence-electron chi connectivity index (χ0n) is 9.18. The average molecular weight is 185 g/mol. The number of hydrogen-bond acceptors (Lipinski definition) is 2. The lowest BCUT2D eigenvalue weighted by Crippen LogP contribution is -2.32. The predicted octanol–water partition coefficient (Wildman–Crippen LogP) is 2.33. The molecule has 0 saturated heterocycles. The highest BCUT2D eigenvalue weighted by molar-refractivity contribution is 4.81. The van der Waals surface area contributed by atoms with Gasteiger partial charge in [-0.1, -0.05) is 13.8 Å².